The smallest absolute Gasteiger partial charge is 0.238 e. The van der Waals surface area contributed by atoms with Crippen LogP contribution in [0.1, 0.15) is 33.7 Å². The first-order chi connectivity index (χ1) is 13.6. The van der Waals surface area contributed by atoms with Crippen molar-refractivity contribution in [2.24, 2.45) is 5.14 Å². The normalized spacial score (nSPS) is 13.2. The summed E-state index contributed by atoms with van der Waals surface area (Å²) in [5.74, 6) is 0.469. The van der Waals surface area contributed by atoms with E-state index < -0.39 is 15.3 Å². The molecular weight excluding hydrogens is 412 g/mol. The number of aromatic nitrogens is 4. The lowest BCUT2D eigenvalue weighted by molar-refractivity contribution is -0.115. The van der Waals surface area contributed by atoms with Crippen molar-refractivity contribution in [3.63, 3.8) is 0 Å². The number of nitrogens with two attached hydrogens (primary N) is 1. The zero-order valence-corrected chi connectivity index (χ0v) is 18.3. The molecule has 3 aromatic rings. The SMILES string of the molecule is CCn1c(S[C@H](C)C(=O)Nc2ccnn2C(C)C)nc2cc(S(N)(=O)=O)ccc21. The highest BCUT2D eigenvalue weighted by Crippen LogP contribution is 2.29. The molecule has 0 saturated carbocycles. The number of amides is 1. The fourth-order valence-corrected chi connectivity index (χ4v) is 4.45. The number of anilines is 1. The summed E-state index contributed by atoms with van der Waals surface area (Å²) in [6, 6.07) is 6.48. The molecule has 0 saturated heterocycles. The summed E-state index contributed by atoms with van der Waals surface area (Å²) in [6.45, 7) is 8.36. The second-order valence-corrected chi connectivity index (χ2v) is 9.71. The Morgan fingerprint density at radius 1 is 1.28 bits per heavy atom. The van der Waals surface area contributed by atoms with E-state index in [1.165, 1.54) is 23.9 Å². The molecule has 9 nitrogen and oxygen atoms in total. The summed E-state index contributed by atoms with van der Waals surface area (Å²) < 4.78 is 26.9. The van der Waals surface area contributed by atoms with E-state index in [4.69, 9.17) is 5.14 Å². The maximum Gasteiger partial charge on any atom is 0.238 e. The minimum absolute atomic E-state index is 0.00930. The molecule has 3 rings (SSSR count). The van der Waals surface area contributed by atoms with E-state index in [1.807, 2.05) is 25.3 Å². The van der Waals surface area contributed by atoms with Crippen LogP contribution in [0, 0.1) is 0 Å². The number of carbonyl (C=O) groups is 1. The molecule has 29 heavy (non-hydrogen) atoms. The molecule has 3 N–H and O–H groups in total. The molecule has 0 bridgehead atoms. The number of hydrogen-bond donors (Lipinski definition) is 2. The van der Waals surface area contributed by atoms with E-state index in [1.54, 1.807) is 29.9 Å². The first-order valence-corrected chi connectivity index (χ1v) is 11.6. The molecule has 0 aliphatic carbocycles. The second kappa shape index (κ2) is 8.17. The number of benzene rings is 1. The molecule has 0 fully saturated rings. The third kappa shape index (κ3) is 4.46. The number of hydrogen-bond acceptors (Lipinski definition) is 6. The Labute approximate surface area is 173 Å². The van der Waals surface area contributed by atoms with Crippen molar-refractivity contribution >= 4 is 44.5 Å². The van der Waals surface area contributed by atoms with Crippen LogP contribution in [0.2, 0.25) is 0 Å². The zero-order chi connectivity index (χ0) is 21.3. The fourth-order valence-electron chi connectivity index (χ4n) is 2.92. The van der Waals surface area contributed by atoms with Gasteiger partial charge in [0.1, 0.15) is 5.82 Å². The van der Waals surface area contributed by atoms with Gasteiger partial charge in [-0.05, 0) is 45.9 Å². The van der Waals surface area contributed by atoms with Gasteiger partial charge in [-0.25, -0.2) is 23.2 Å². The van der Waals surface area contributed by atoms with Gasteiger partial charge >= 0.3 is 0 Å². The Kier molecular flexibility index (Phi) is 6.01. The lowest BCUT2D eigenvalue weighted by Crippen LogP contribution is -2.25. The molecule has 0 aliphatic heterocycles. The van der Waals surface area contributed by atoms with Crippen molar-refractivity contribution in [3.8, 4) is 0 Å². The van der Waals surface area contributed by atoms with Crippen LogP contribution in [0.4, 0.5) is 5.82 Å². The van der Waals surface area contributed by atoms with Crippen LogP contribution in [0.15, 0.2) is 40.5 Å². The largest absolute Gasteiger partial charge is 0.319 e. The first kappa shape index (κ1) is 21.3. The minimum Gasteiger partial charge on any atom is -0.319 e. The van der Waals surface area contributed by atoms with Gasteiger partial charge in [0.2, 0.25) is 15.9 Å². The van der Waals surface area contributed by atoms with Gasteiger partial charge in [0.05, 0.1) is 27.4 Å². The maximum atomic E-state index is 12.7. The summed E-state index contributed by atoms with van der Waals surface area (Å²) in [7, 11) is -3.81. The van der Waals surface area contributed by atoms with Crippen molar-refractivity contribution in [2.75, 3.05) is 5.32 Å². The van der Waals surface area contributed by atoms with Crippen LogP contribution < -0.4 is 10.5 Å². The molecule has 1 aromatic carbocycles. The van der Waals surface area contributed by atoms with Crippen molar-refractivity contribution in [1.29, 1.82) is 0 Å². The minimum atomic E-state index is -3.81. The van der Waals surface area contributed by atoms with Gasteiger partial charge < -0.3 is 9.88 Å². The predicted molar refractivity (Wildman–Crippen MR) is 113 cm³/mol. The quantitative estimate of drug-likeness (QED) is 0.549. The summed E-state index contributed by atoms with van der Waals surface area (Å²) in [5.41, 5.74) is 1.30. The number of carbonyl (C=O) groups excluding carboxylic acids is 1. The van der Waals surface area contributed by atoms with E-state index in [9.17, 15) is 13.2 Å². The molecule has 1 atom stereocenters. The number of nitrogens with zero attached hydrogens (tertiary/aromatic N) is 4. The second-order valence-electron chi connectivity index (χ2n) is 6.84. The summed E-state index contributed by atoms with van der Waals surface area (Å²) in [4.78, 5) is 17.2. The van der Waals surface area contributed by atoms with E-state index in [0.717, 1.165) is 5.52 Å². The molecule has 156 valence electrons. The first-order valence-electron chi connectivity index (χ1n) is 9.16. The molecule has 2 heterocycles. The van der Waals surface area contributed by atoms with Gasteiger partial charge in [0, 0.05) is 18.7 Å². The van der Waals surface area contributed by atoms with E-state index in [0.29, 0.717) is 23.0 Å². The Balaban J connectivity index is 1.84. The maximum absolute atomic E-state index is 12.7. The standard InChI is InChI=1S/C18H24N6O3S2/c1-5-23-15-7-6-13(29(19,26)27)10-14(15)21-18(23)28-12(4)17(25)22-16-8-9-20-24(16)11(2)3/h6-12H,5H2,1-4H3,(H,22,25)(H2,19,26,27)/t12-/m1/s1. The highest BCUT2D eigenvalue weighted by atomic mass is 32.2. The number of imidazole rings is 1. The molecule has 0 radical (unpaired) electrons. The summed E-state index contributed by atoms with van der Waals surface area (Å²) >= 11 is 1.31. The summed E-state index contributed by atoms with van der Waals surface area (Å²) in [5, 5.41) is 12.5. The van der Waals surface area contributed by atoms with Crippen LogP contribution >= 0.6 is 11.8 Å². The molecular formula is C18H24N6O3S2. The Morgan fingerprint density at radius 2 is 2.00 bits per heavy atom. The third-order valence-electron chi connectivity index (χ3n) is 4.39. The van der Waals surface area contributed by atoms with Crippen molar-refractivity contribution in [3.05, 3.63) is 30.5 Å². The summed E-state index contributed by atoms with van der Waals surface area (Å²) in [6.07, 6.45) is 1.65. The number of aryl methyl sites for hydroxylation is 1. The molecule has 0 aliphatic rings. The van der Waals surface area contributed by atoms with Crippen LogP contribution in [0.25, 0.3) is 11.0 Å². The Morgan fingerprint density at radius 3 is 2.62 bits per heavy atom. The van der Waals surface area contributed by atoms with E-state index in [2.05, 4.69) is 15.4 Å². The number of primary sulfonamides is 1. The van der Waals surface area contributed by atoms with E-state index >= 15 is 0 Å². The number of fused-ring (bicyclic) bond motifs is 1. The monoisotopic (exact) mass is 436 g/mol. The number of rotatable bonds is 7. The molecule has 2 aromatic heterocycles. The third-order valence-corrected chi connectivity index (χ3v) is 6.39. The van der Waals surface area contributed by atoms with E-state index in [-0.39, 0.29) is 16.8 Å². The molecule has 1 amide bonds. The van der Waals surface area contributed by atoms with Crippen LogP contribution in [-0.4, -0.2) is 38.9 Å². The Bertz CT molecular complexity index is 1150. The highest BCUT2D eigenvalue weighted by Gasteiger charge is 2.21. The van der Waals surface area contributed by atoms with Gasteiger partial charge in [0.15, 0.2) is 5.16 Å². The van der Waals surface area contributed by atoms with Gasteiger partial charge in [-0.15, -0.1) is 0 Å². The molecule has 0 unspecified atom stereocenters. The van der Waals surface area contributed by atoms with Gasteiger partial charge in [0.25, 0.3) is 0 Å². The van der Waals surface area contributed by atoms with Gasteiger partial charge in [-0.3, -0.25) is 4.79 Å². The van der Waals surface area contributed by atoms with Gasteiger partial charge in [-0.1, -0.05) is 11.8 Å². The molecule has 11 heteroatoms. The van der Waals surface area contributed by atoms with Crippen molar-refractivity contribution < 1.29 is 13.2 Å². The predicted octanol–water partition coefficient (Wildman–Crippen LogP) is 2.60. The van der Waals surface area contributed by atoms with Crippen LogP contribution in [0.3, 0.4) is 0 Å². The van der Waals surface area contributed by atoms with Gasteiger partial charge in [-0.2, -0.15) is 5.10 Å². The average molecular weight is 437 g/mol. The number of nitrogens with one attached hydrogen (secondary N) is 1. The lowest BCUT2D eigenvalue weighted by atomic mass is 10.3. The van der Waals surface area contributed by atoms with Crippen LogP contribution in [-0.2, 0) is 21.4 Å². The fraction of sp³-hybridized carbons (Fsp3) is 0.389. The zero-order valence-electron chi connectivity index (χ0n) is 16.7. The molecule has 0 spiro atoms. The van der Waals surface area contributed by atoms with Crippen molar-refractivity contribution in [2.45, 2.75) is 55.6 Å². The topological polar surface area (TPSA) is 125 Å². The van der Waals surface area contributed by atoms with Crippen molar-refractivity contribution in [1.82, 2.24) is 19.3 Å². The number of thioether (sulfide) groups is 1. The van der Waals surface area contributed by atoms with Crippen LogP contribution in [0.5, 0.6) is 0 Å². The highest BCUT2D eigenvalue weighted by molar-refractivity contribution is 8.00. The average Bonchev–Trinajstić information content (AvgIpc) is 3.23. The number of sulfonamides is 1. The lowest BCUT2D eigenvalue weighted by Gasteiger charge is -2.15. The Hall–Kier alpha value is -2.37.